The van der Waals surface area contributed by atoms with E-state index in [1.165, 1.54) is 5.56 Å². The summed E-state index contributed by atoms with van der Waals surface area (Å²) < 4.78 is 0. The zero-order chi connectivity index (χ0) is 17.6. The molecule has 0 aliphatic carbocycles. The van der Waals surface area contributed by atoms with Crippen molar-refractivity contribution in [3.05, 3.63) is 90.0 Å². The van der Waals surface area contributed by atoms with Crippen LogP contribution in [-0.2, 0) is 0 Å². The fourth-order valence-corrected chi connectivity index (χ4v) is 2.43. The molecule has 25 heavy (non-hydrogen) atoms. The van der Waals surface area contributed by atoms with Crippen LogP contribution >= 0.6 is 0 Å². The summed E-state index contributed by atoms with van der Waals surface area (Å²) in [6, 6.07) is 25.0. The molecule has 3 N–H and O–H groups in total. The molecule has 0 fully saturated rings. The number of rotatable bonds is 4. The van der Waals surface area contributed by atoms with Gasteiger partial charge in [0.25, 0.3) is 5.91 Å². The summed E-state index contributed by atoms with van der Waals surface area (Å²) in [5.41, 5.74) is 13.3. The zero-order valence-corrected chi connectivity index (χ0v) is 13.9. The number of hydrazone groups is 1. The Balaban J connectivity index is 1.70. The monoisotopic (exact) mass is 329 g/mol. The number of benzene rings is 3. The summed E-state index contributed by atoms with van der Waals surface area (Å²) in [7, 11) is 0. The minimum absolute atomic E-state index is 0.264. The molecule has 0 aliphatic heterocycles. The van der Waals surface area contributed by atoms with E-state index in [1.54, 1.807) is 24.3 Å². The van der Waals surface area contributed by atoms with Gasteiger partial charge in [-0.25, -0.2) is 5.43 Å². The van der Waals surface area contributed by atoms with Gasteiger partial charge >= 0.3 is 0 Å². The number of carbonyl (C=O) groups excluding carboxylic acids is 1. The first kappa shape index (κ1) is 16.5. The Kier molecular flexibility index (Phi) is 4.90. The van der Waals surface area contributed by atoms with E-state index in [0.29, 0.717) is 11.3 Å². The van der Waals surface area contributed by atoms with E-state index in [0.717, 1.165) is 16.8 Å². The summed E-state index contributed by atoms with van der Waals surface area (Å²) in [6.07, 6.45) is 0. The van der Waals surface area contributed by atoms with Crippen molar-refractivity contribution in [2.24, 2.45) is 5.10 Å². The first-order valence-electron chi connectivity index (χ1n) is 7.99. The van der Waals surface area contributed by atoms with E-state index < -0.39 is 0 Å². The largest absolute Gasteiger partial charge is 0.399 e. The molecule has 0 saturated heterocycles. The van der Waals surface area contributed by atoms with Crippen LogP contribution < -0.4 is 11.2 Å². The van der Waals surface area contributed by atoms with Crippen molar-refractivity contribution in [3.8, 4) is 11.1 Å². The molecule has 0 heterocycles. The molecular weight excluding hydrogens is 310 g/mol. The van der Waals surface area contributed by atoms with Crippen LogP contribution in [0.25, 0.3) is 11.1 Å². The third kappa shape index (κ3) is 4.12. The topological polar surface area (TPSA) is 67.5 Å². The fraction of sp³-hybridized carbons (Fsp3) is 0.0476. The molecule has 0 radical (unpaired) electrons. The second-order valence-corrected chi connectivity index (χ2v) is 5.70. The van der Waals surface area contributed by atoms with Gasteiger partial charge in [0.05, 0.1) is 5.71 Å². The molecule has 1 amide bonds. The van der Waals surface area contributed by atoms with Crippen molar-refractivity contribution in [1.82, 2.24) is 5.43 Å². The lowest BCUT2D eigenvalue weighted by atomic mass is 10.0. The molecule has 0 spiro atoms. The Morgan fingerprint density at radius 2 is 1.36 bits per heavy atom. The molecule has 0 aliphatic rings. The molecule has 3 aromatic carbocycles. The second kappa shape index (κ2) is 7.45. The van der Waals surface area contributed by atoms with Gasteiger partial charge in [-0.3, -0.25) is 4.79 Å². The predicted octanol–water partition coefficient (Wildman–Crippen LogP) is 4.09. The number of nitrogens with one attached hydrogen (secondary N) is 1. The van der Waals surface area contributed by atoms with Crippen molar-refractivity contribution >= 4 is 17.3 Å². The van der Waals surface area contributed by atoms with Crippen LogP contribution in [0.1, 0.15) is 22.8 Å². The van der Waals surface area contributed by atoms with Crippen molar-refractivity contribution in [2.45, 2.75) is 6.92 Å². The third-order valence-electron chi connectivity index (χ3n) is 3.91. The summed E-state index contributed by atoms with van der Waals surface area (Å²) in [5, 5.41) is 4.18. The SMILES string of the molecule is C/C(=N/NC(=O)c1ccc(N)cc1)c1ccc(-c2ccccc2)cc1. The lowest BCUT2D eigenvalue weighted by Gasteiger charge is -2.05. The maximum atomic E-state index is 12.1. The van der Waals surface area contributed by atoms with Gasteiger partial charge in [0, 0.05) is 11.3 Å². The molecular formula is C21H19N3O. The van der Waals surface area contributed by atoms with Crippen LogP contribution in [0, 0.1) is 0 Å². The molecule has 4 heteroatoms. The van der Waals surface area contributed by atoms with Crippen LogP contribution in [0.3, 0.4) is 0 Å². The van der Waals surface area contributed by atoms with Gasteiger partial charge in [0.1, 0.15) is 0 Å². The van der Waals surface area contributed by atoms with E-state index in [-0.39, 0.29) is 5.91 Å². The number of nitrogens with zero attached hydrogens (tertiary/aromatic N) is 1. The molecule has 124 valence electrons. The Labute approximate surface area is 147 Å². The maximum Gasteiger partial charge on any atom is 0.271 e. The molecule has 0 aromatic heterocycles. The first-order valence-corrected chi connectivity index (χ1v) is 7.99. The predicted molar refractivity (Wildman–Crippen MR) is 102 cm³/mol. The minimum Gasteiger partial charge on any atom is -0.399 e. The van der Waals surface area contributed by atoms with Crippen LogP contribution in [0.15, 0.2) is 84.0 Å². The Morgan fingerprint density at radius 3 is 2.00 bits per heavy atom. The first-order chi connectivity index (χ1) is 12.1. The van der Waals surface area contributed by atoms with E-state index in [1.807, 2.05) is 49.4 Å². The molecule has 3 rings (SSSR count). The van der Waals surface area contributed by atoms with Gasteiger partial charge < -0.3 is 5.73 Å². The van der Waals surface area contributed by atoms with Crippen molar-refractivity contribution in [2.75, 3.05) is 5.73 Å². The van der Waals surface area contributed by atoms with Gasteiger partial charge in [0.2, 0.25) is 0 Å². The van der Waals surface area contributed by atoms with Crippen LogP contribution in [0.4, 0.5) is 5.69 Å². The average molecular weight is 329 g/mol. The Morgan fingerprint density at radius 1 is 0.800 bits per heavy atom. The smallest absolute Gasteiger partial charge is 0.271 e. The van der Waals surface area contributed by atoms with Crippen LogP contribution in [0.2, 0.25) is 0 Å². The fourth-order valence-electron chi connectivity index (χ4n) is 2.43. The van der Waals surface area contributed by atoms with Gasteiger partial charge in [0.15, 0.2) is 0 Å². The number of amides is 1. The molecule has 3 aromatic rings. The van der Waals surface area contributed by atoms with Gasteiger partial charge in [-0.05, 0) is 47.9 Å². The molecule has 4 nitrogen and oxygen atoms in total. The normalized spacial score (nSPS) is 11.2. The lowest BCUT2D eigenvalue weighted by Crippen LogP contribution is -2.19. The third-order valence-corrected chi connectivity index (χ3v) is 3.91. The zero-order valence-electron chi connectivity index (χ0n) is 13.9. The number of hydrogen-bond acceptors (Lipinski definition) is 3. The summed E-state index contributed by atoms with van der Waals surface area (Å²) in [4.78, 5) is 12.1. The Bertz CT molecular complexity index is 883. The molecule has 0 atom stereocenters. The summed E-state index contributed by atoms with van der Waals surface area (Å²) in [5.74, 6) is -0.264. The highest BCUT2D eigenvalue weighted by Crippen LogP contribution is 2.19. The van der Waals surface area contributed by atoms with Crippen LogP contribution in [0.5, 0.6) is 0 Å². The second-order valence-electron chi connectivity index (χ2n) is 5.70. The summed E-state index contributed by atoms with van der Waals surface area (Å²) >= 11 is 0. The highest BCUT2D eigenvalue weighted by molar-refractivity contribution is 6.01. The number of anilines is 1. The highest BCUT2D eigenvalue weighted by atomic mass is 16.2. The molecule has 0 unspecified atom stereocenters. The van der Waals surface area contributed by atoms with Gasteiger partial charge in [-0.1, -0.05) is 54.6 Å². The van der Waals surface area contributed by atoms with E-state index in [2.05, 4.69) is 22.7 Å². The van der Waals surface area contributed by atoms with Crippen molar-refractivity contribution in [3.63, 3.8) is 0 Å². The number of nitrogens with two attached hydrogens (primary N) is 1. The van der Waals surface area contributed by atoms with Crippen molar-refractivity contribution in [1.29, 1.82) is 0 Å². The van der Waals surface area contributed by atoms with E-state index in [9.17, 15) is 4.79 Å². The lowest BCUT2D eigenvalue weighted by molar-refractivity contribution is 0.0955. The van der Waals surface area contributed by atoms with E-state index >= 15 is 0 Å². The van der Waals surface area contributed by atoms with Gasteiger partial charge in [-0.2, -0.15) is 5.10 Å². The quantitative estimate of drug-likeness (QED) is 0.430. The van der Waals surface area contributed by atoms with Crippen LogP contribution in [-0.4, -0.2) is 11.6 Å². The number of carbonyl (C=O) groups is 1. The number of nitrogen functional groups attached to an aromatic ring is 1. The Hall–Kier alpha value is -3.40. The summed E-state index contributed by atoms with van der Waals surface area (Å²) in [6.45, 7) is 1.86. The molecule has 0 bridgehead atoms. The number of hydrogen-bond donors (Lipinski definition) is 2. The highest BCUT2D eigenvalue weighted by Gasteiger charge is 2.05. The average Bonchev–Trinajstić information content (AvgIpc) is 2.67. The maximum absolute atomic E-state index is 12.1. The molecule has 0 saturated carbocycles. The van der Waals surface area contributed by atoms with Crippen molar-refractivity contribution < 1.29 is 4.79 Å². The standard InChI is InChI=1S/C21H19N3O/c1-15(23-24-21(25)19-11-13-20(22)14-12-19)16-7-9-18(10-8-16)17-5-3-2-4-6-17/h2-14H,22H2,1H3,(H,24,25)/b23-15-. The van der Waals surface area contributed by atoms with E-state index in [4.69, 9.17) is 5.73 Å². The van der Waals surface area contributed by atoms with Gasteiger partial charge in [-0.15, -0.1) is 0 Å². The minimum atomic E-state index is -0.264.